The third kappa shape index (κ3) is 3.96. The van der Waals surface area contributed by atoms with Crippen LogP contribution in [0.5, 0.6) is 0 Å². The van der Waals surface area contributed by atoms with Crippen LogP contribution in [0.25, 0.3) is 0 Å². The largest absolute Gasteiger partial charge is 0.454 e. The molecule has 6 heteroatoms. The van der Waals surface area contributed by atoms with Gasteiger partial charge in [-0.15, -0.1) is 0 Å². The number of ether oxygens (including phenoxy) is 1. The smallest absolute Gasteiger partial charge is 0.338 e. The number of esters is 1. The number of sulfonamides is 1. The summed E-state index contributed by atoms with van der Waals surface area (Å²) in [6.45, 7) is 2.25. The fraction of sp³-hybridized carbons (Fsp3) is 0.208. The molecule has 3 aromatic rings. The van der Waals surface area contributed by atoms with Crippen molar-refractivity contribution in [2.45, 2.75) is 30.8 Å². The van der Waals surface area contributed by atoms with Crippen molar-refractivity contribution in [3.63, 3.8) is 0 Å². The average Bonchev–Trinajstić information content (AvgIpc) is 2.95. The Balaban J connectivity index is 1.69. The Labute approximate surface area is 177 Å². The summed E-state index contributed by atoms with van der Waals surface area (Å²) in [6, 6.07) is 22.9. The number of fused-ring (bicyclic) bond motifs is 1. The Morgan fingerprint density at radius 1 is 0.933 bits per heavy atom. The van der Waals surface area contributed by atoms with Gasteiger partial charge >= 0.3 is 5.97 Å². The third-order valence-electron chi connectivity index (χ3n) is 5.25. The van der Waals surface area contributed by atoms with E-state index in [2.05, 4.69) is 0 Å². The van der Waals surface area contributed by atoms with Crippen LogP contribution in [0, 0.1) is 6.92 Å². The lowest BCUT2D eigenvalue weighted by atomic mass is 10.0. The molecule has 0 N–H and O–H groups in total. The second-order valence-electron chi connectivity index (χ2n) is 7.35. The first kappa shape index (κ1) is 20.2. The molecule has 0 saturated carbocycles. The summed E-state index contributed by atoms with van der Waals surface area (Å²) in [5.41, 5.74) is 2.73. The van der Waals surface area contributed by atoms with Gasteiger partial charge in [-0.25, -0.2) is 13.2 Å². The van der Waals surface area contributed by atoms with E-state index >= 15 is 0 Å². The number of anilines is 1. The number of nitrogens with zero attached hydrogens (tertiary/aromatic N) is 1. The lowest BCUT2D eigenvalue weighted by Gasteiger charge is -2.25. The van der Waals surface area contributed by atoms with Crippen molar-refractivity contribution in [1.29, 1.82) is 0 Å². The molecule has 1 heterocycles. The van der Waals surface area contributed by atoms with E-state index in [0.717, 1.165) is 5.56 Å². The van der Waals surface area contributed by atoms with Gasteiger partial charge in [-0.3, -0.25) is 4.31 Å². The first-order valence-corrected chi connectivity index (χ1v) is 11.4. The number of carbonyl (C=O) groups is 1. The molecular weight excluding hydrogens is 398 g/mol. The van der Waals surface area contributed by atoms with Gasteiger partial charge in [0.2, 0.25) is 0 Å². The van der Waals surface area contributed by atoms with E-state index in [9.17, 15) is 13.2 Å². The van der Waals surface area contributed by atoms with Gasteiger partial charge in [0.05, 0.1) is 16.1 Å². The molecule has 30 heavy (non-hydrogen) atoms. The van der Waals surface area contributed by atoms with Crippen molar-refractivity contribution in [3.05, 3.63) is 95.6 Å². The minimum absolute atomic E-state index is 0.252. The highest BCUT2D eigenvalue weighted by molar-refractivity contribution is 7.92. The lowest BCUT2D eigenvalue weighted by Crippen LogP contribution is -2.31. The zero-order valence-electron chi connectivity index (χ0n) is 16.7. The fourth-order valence-electron chi connectivity index (χ4n) is 3.66. The van der Waals surface area contributed by atoms with Crippen LogP contribution in [-0.2, 0) is 14.8 Å². The number of benzene rings is 3. The van der Waals surface area contributed by atoms with E-state index in [0.29, 0.717) is 36.2 Å². The van der Waals surface area contributed by atoms with E-state index < -0.39 is 22.1 Å². The highest BCUT2D eigenvalue weighted by Crippen LogP contribution is 2.38. The standard InChI is InChI=1S/C24H23NO4S/c1-18-13-15-20(16-14-18)30(27,28)25-17-7-12-23(21-10-5-6-11-22(21)25)29-24(26)19-8-3-2-4-9-19/h2-6,8-11,13-16,23H,7,12,17H2,1H3/t23-/m0/s1. The monoisotopic (exact) mass is 421 g/mol. The molecule has 0 bridgehead atoms. The fourth-order valence-corrected chi connectivity index (χ4v) is 5.19. The van der Waals surface area contributed by atoms with Gasteiger partial charge < -0.3 is 4.74 Å². The number of rotatable bonds is 4. The number of hydrogen-bond donors (Lipinski definition) is 0. The van der Waals surface area contributed by atoms with E-state index in [-0.39, 0.29) is 4.90 Å². The van der Waals surface area contributed by atoms with Crippen LogP contribution in [0.2, 0.25) is 0 Å². The van der Waals surface area contributed by atoms with Crippen LogP contribution >= 0.6 is 0 Å². The van der Waals surface area contributed by atoms with E-state index in [1.165, 1.54) is 4.31 Å². The van der Waals surface area contributed by atoms with Crippen molar-refractivity contribution < 1.29 is 17.9 Å². The van der Waals surface area contributed by atoms with Gasteiger partial charge in [0.15, 0.2) is 0 Å². The van der Waals surface area contributed by atoms with Gasteiger partial charge in [-0.2, -0.15) is 0 Å². The molecule has 4 rings (SSSR count). The zero-order valence-corrected chi connectivity index (χ0v) is 17.5. The Kier molecular flexibility index (Phi) is 5.59. The molecule has 154 valence electrons. The molecule has 3 aromatic carbocycles. The maximum absolute atomic E-state index is 13.4. The van der Waals surface area contributed by atoms with Gasteiger partial charge in [0.1, 0.15) is 6.10 Å². The summed E-state index contributed by atoms with van der Waals surface area (Å²) < 4.78 is 34.0. The van der Waals surface area contributed by atoms with Crippen molar-refractivity contribution in [2.24, 2.45) is 0 Å². The summed E-state index contributed by atoms with van der Waals surface area (Å²) >= 11 is 0. The molecule has 0 saturated heterocycles. The number of para-hydroxylation sites is 1. The summed E-state index contributed by atoms with van der Waals surface area (Å²) in [7, 11) is -3.73. The minimum Gasteiger partial charge on any atom is -0.454 e. The highest BCUT2D eigenvalue weighted by atomic mass is 32.2. The zero-order chi connectivity index (χ0) is 21.1. The van der Waals surface area contributed by atoms with Gasteiger partial charge in [0.25, 0.3) is 10.0 Å². The minimum atomic E-state index is -3.73. The predicted molar refractivity (Wildman–Crippen MR) is 116 cm³/mol. The van der Waals surface area contributed by atoms with Crippen LogP contribution < -0.4 is 4.31 Å². The second-order valence-corrected chi connectivity index (χ2v) is 9.21. The van der Waals surface area contributed by atoms with E-state index in [1.807, 2.05) is 25.1 Å². The second kappa shape index (κ2) is 8.32. The number of hydrogen-bond acceptors (Lipinski definition) is 4. The predicted octanol–water partition coefficient (Wildman–Crippen LogP) is 4.88. The molecule has 0 aliphatic carbocycles. The summed E-state index contributed by atoms with van der Waals surface area (Å²) in [5, 5.41) is 0. The molecule has 0 fully saturated rings. The molecule has 0 spiro atoms. The van der Waals surface area contributed by atoms with Crippen LogP contribution in [0.15, 0.2) is 83.8 Å². The van der Waals surface area contributed by atoms with Crippen LogP contribution in [0.4, 0.5) is 5.69 Å². The maximum atomic E-state index is 13.4. The molecule has 0 unspecified atom stereocenters. The normalized spacial score (nSPS) is 16.4. The average molecular weight is 422 g/mol. The van der Waals surface area contributed by atoms with Crippen LogP contribution in [0.3, 0.4) is 0 Å². The van der Waals surface area contributed by atoms with Gasteiger partial charge in [0, 0.05) is 12.1 Å². The topological polar surface area (TPSA) is 63.7 Å². The van der Waals surface area contributed by atoms with Crippen molar-refractivity contribution in [2.75, 3.05) is 10.8 Å². The molecule has 1 aliphatic heterocycles. The summed E-state index contributed by atoms with van der Waals surface area (Å²) in [4.78, 5) is 12.9. The molecule has 1 aliphatic rings. The molecular formula is C24H23NO4S. The SMILES string of the molecule is Cc1ccc(S(=O)(=O)N2CCC[C@H](OC(=O)c3ccccc3)c3ccccc32)cc1. The van der Waals surface area contributed by atoms with E-state index in [4.69, 9.17) is 4.74 Å². The number of aryl methyl sites for hydroxylation is 1. The molecule has 0 amide bonds. The van der Waals surface area contributed by atoms with Gasteiger partial charge in [-0.05, 0) is 50.1 Å². The van der Waals surface area contributed by atoms with Crippen LogP contribution in [-0.4, -0.2) is 20.9 Å². The van der Waals surface area contributed by atoms with Gasteiger partial charge in [-0.1, -0.05) is 54.1 Å². The maximum Gasteiger partial charge on any atom is 0.338 e. The Hall–Kier alpha value is -3.12. The Morgan fingerprint density at radius 3 is 2.33 bits per heavy atom. The molecule has 0 radical (unpaired) electrons. The van der Waals surface area contributed by atoms with Crippen molar-refractivity contribution >= 4 is 21.7 Å². The number of carbonyl (C=O) groups excluding carboxylic acids is 1. The Morgan fingerprint density at radius 2 is 1.60 bits per heavy atom. The lowest BCUT2D eigenvalue weighted by molar-refractivity contribution is 0.0279. The third-order valence-corrected chi connectivity index (χ3v) is 7.08. The first-order valence-electron chi connectivity index (χ1n) is 9.91. The summed E-state index contributed by atoms with van der Waals surface area (Å²) in [6.07, 6.45) is 0.620. The quantitative estimate of drug-likeness (QED) is 0.563. The summed E-state index contributed by atoms with van der Waals surface area (Å²) in [5.74, 6) is -0.412. The van der Waals surface area contributed by atoms with Crippen LogP contribution in [0.1, 0.15) is 40.4 Å². The van der Waals surface area contributed by atoms with Crippen molar-refractivity contribution in [3.8, 4) is 0 Å². The molecule has 0 aromatic heterocycles. The first-order chi connectivity index (χ1) is 14.5. The Bertz CT molecular complexity index is 1140. The molecule has 1 atom stereocenters. The molecule has 5 nitrogen and oxygen atoms in total. The van der Waals surface area contributed by atoms with E-state index in [1.54, 1.807) is 60.7 Å². The van der Waals surface area contributed by atoms with Crippen molar-refractivity contribution in [1.82, 2.24) is 0 Å². The highest BCUT2D eigenvalue weighted by Gasteiger charge is 2.32.